The zero-order valence-electron chi connectivity index (χ0n) is 14.2. The molecule has 0 amide bonds. The van der Waals surface area contributed by atoms with Gasteiger partial charge in [-0.1, -0.05) is 42.8 Å². The molecule has 0 radical (unpaired) electrons. The number of carbonyl (C=O) groups excluding carboxylic acids is 1. The van der Waals surface area contributed by atoms with Gasteiger partial charge in [0.15, 0.2) is 0 Å². The Morgan fingerprint density at radius 2 is 2.00 bits per heavy atom. The van der Waals surface area contributed by atoms with Gasteiger partial charge in [-0.2, -0.15) is 0 Å². The van der Waals surface area contributed by atoms with Gasteiger partial charge < -0.3 is 4.74 Å². The van der Waals surface area contributed by atoms with Crippen LogP contribution >= 0.6 is 0 Å². The van der Waals surface area contributed by atoms with Crippen molar-refractivity contribution >= 4 is 17.9 Å². The van der Waals surface area contributed by atoms with E-state index >= 15 is 0 Å². The van der Waals surface area contributed by atoms with Crippen molar-refractivity contribution in [3.05, 3.63) is 53.6 Å². The number of carbonyl (C=O) groups is 1. The number of hydrogen-bond acceptors (Lipinski definition) is 3. The summed E-state index contributed by atoms with van der Waals surface area (Å²) in [6.45, 7) is 6.34. The second-order valence-corrected chi connectivity index (χ2v) is 5.88. The molecule has 2 rings (SSSR count). The predicted octanol–water partition coefficient (Wildman–Crippen LogP) is 5.01. The fourth-order valence-corrected chi connectivity index (χ4v) is 2.95. The fourth-order valence-electron chi connectivity index (χ4n) is 2.95. The molecule has 0 aliphatic heterocycles. The zero-order chi connectivity index (χ0) is 16.7. The number of nitrogens with zero attached hydrogens (tertiary/aromatic N) is 1. The van der Waals surface area contributed by atoms with E-state index in [1.165, 1.54) is 5.57 Å². The Hall–Kier alpha value is -2.16. The maximum Gasteiger partial charge on any atom is 0.312 e. The molecular weight excluding hydrogens is 286 g/mol. The van der Waals surface area contributed by atoms with Crippen molar-refractivity contribution in [2.75, 3.05) is 6.61 Å². The van der Waals surface area contributed by atoms with Gasteiger partial charge in [-0.05, 0) is 50.8 Å². The summed E-state index contributed by atoms with van der Waals surface area (Å²) in [7, 11) is 0. The lowest BCUT2D eigenvalue weighted by molar-refractivity contribution is -0.155. The molecule has 1 aromatic carbocycles. The summed E-state index contributed by atoms with van der Waals surface area (Å²) in [6, 6.07) is 9.84. The van der Waals surface area contributed by atoms with Gasteiger partial charge in [0.1, 0.15) is 0 Å². The molecule has 1 atom stereocenters. The first-order valence-corrected chi connectivity index (χ1v) is 8.25. The minimum absolute atomic E-state index is 0.0967. The summed E-state index contributed by atoms with van der Waals surface area (Å²) >= 11 is 0. The molecule has 1 aliphatic rings. The van der Waals surface area contributed by atoms with Crippen molar-refractivity contribution in [3.63, 3.8) is 0 Å². The standard InChI is InChI=1S/C20H25NO2/c1-4-16-12-17(15-21-18-10-8-7-9-11-18)14-20(5-2,13-16)19(22)23-6-3/h4,7-12,15H,5-6,13-14H2,1-3H3/b16-4-,21-15-. The Kier molecular flexibility index (Phi) is 5.91. The monoisotopic (exact) mass is 311 g/mol. The van der Waals surface area contributed by atoms with Gasteiger partial charge in [0.2, 0.25) is 0 Å². The summed E-state index contributed by atoms with van der Waals surface area (Å²) < 4.78 is 5.34. The van der Waals surface area contributed by atoms with E-state index in [0.29, 0.717) is 13.0 Å². The van der Waals surface area contributed by atoms with Crippen LogP contribution in [0.1, 0.15) is 40.0 Å². The van der Waals surface area contributed by atoms with Crippen LogP contribution in [0.5, 0.6) is 0 Å². The van der Waals surface area contributed by atoms with Crippen LogP contribution < -0.4 is 0 Å². The Morgan fingerprint density at radius 1 is 1.26 bits per heavy atom. The van der Waals surface area contributed by atoms with Crippen molar-refractivity contribution in [2.45, 2.75) is 40.0 Å². The number of para-hydroxylation sites is 1. The number of ether oxygens (including phenoxy) is 1. The van der Waals surface area contributed by atoms with Crippen LogP contribution in [0.25, 0.3) is 0 Å². The minimum atomic E-state index is -0.468. The van der Waals surface area contributed by atoms with E-state index in [1.807, 2.05) is 50.4 Å². The number of aliphatic imine (C=N–C) groups is 1. The Labute approximate surface area is 138 Å². The molecule has 0 aromatic heterocycles. The summed E-state index contributed by atoms with van der Waals surface area (Å²) in [5.41, 5.74) is 2.69. The van der Waals surface area contributed by atoms with E-state index in [2.05, 4.69) is 24.1 Å². The molecule has 0 fully saturated rings. The van der Waals surface area contributed by atoms with Gasteiger partial charge in [-0.3, -0.25) is 9.79 Å². The third-order valence-electron chi connectivity index (χ3n) is 4.35. The number of allylic oxidation sites excluding steroid dienone is 4. The van der Waals surface area contributed by atoms with Gasteiger partial charge in [0.25, 0.3) is 0 Å². The van der Waals surface area contributed by atoms with Crippen LogP contribution in [0.4, 0.5) is 5.69 Å². The van der Waals surface area contributed by atoms with E-state index < -0.39 is 5.41 Å². The van der Waals surface area contributed by atoms with Crippen LogP contribution in [-0.4, -0.2) is 18.8 Å². The second-order valence-electron chi connectivity index (χ2n) is 5.88. The molecule has 1 aliphatic carbocycles. The summed E-state index contributed by atoms with van der Waals surface area (Å²) in [4.78, 5) is 17.0. The van der Waals surface area contributed by atoms with Gasteiger partial charge in [0, 0.05) is 6.21 Å². The highest BCUT2D eigenvalue weighted by Crippen LogP contribution is 2.42. The van der Waals surface area contributed by atoms with Crippen molar-refractivity contribution in [2.24, 2.45) is 10.4 Å². The molecule has 0 saturated carbocycles. The molecule has 23 heavy (non-hydrogen) atoms. The van der Waals surface area contributed by atoms with Crippen molar-refractivity contribution in [1.82, 2.24) is 0 Å². The highest BCUT2D eigenvalue weighted by Gasteiger charge is 2.41. The van der Waals surface area contributed by atoms with Gasteiger partial charge >= 0.3 is 5.97 Å². The van der Waals surface area contributed by atoms with Crippen LogP contribution in [0.3, 0.4) is 0 Å². The first-order valence-electron chi connectivity index (χ1n) is 8.25. The predicted molar refractivity (Wildman–Crippen MR) is 95.0 cm³/mol. The molecule has 1 unspecified atom stereocenters. The second kappa shape index (κ2) is 7.91. The minimum Gasteiger partial charge on any atom is -0.466 e. The van der Waals surface area contributed by atoms with Crippen LogP contribution in [-0.2, 0) is 9.53 Å². The Balaban J connectivity index is 2.27. The molecule has 0 heterocycles. The van der Waals surface area contributed by atoms with Crippen LogP contribution in [0.15, 0.2) is 58.6 Å². The van der Waals surface area contributed by atoms with Crippen LogP contribution in [0, 0.1) is 5.41 Å². The van der Waals surface area contributed by atoms with Crippen molar-refractivity contribution < 1.29 is 9.53 Å². The lowest BCUT2D eigenvalue weighted by atomic mass is 9.70. The average Bonchev–Trinajstić information content (AvgIpc) is 2.60. The highest BCUT2D eigenvalue weighted by atomic mass is 16.5. The summed E-state index contributed by atoms with van der Waals surface area (Å²) in [6.07, 6.45) is 8.26. The molecule has 122 valence electrons. The highest BCUT2D eigenvalue weighted by molar-refractivity contribution is 5.86. The average molecular weight is 311 g/mol. The molecular formula is C20H25NO2. The number of esters is 1. The maximum atomic E-state index is 12.5. The third-order valence-corrected chi connectivity index (χ3v) is 4.35. The first-order chi connectivity index (χ1) is 11.1. The van der Waals surface area contributed by atoms with Crippen molar-refractivity contribution in [3.8, 4) is 0 Å². The number of benzene rings is 1. The van der Waals surface area contributed by atoms with Gasteiger partial charge in [-0.15, -0.1) is 0 Å². The maximum absolute atomic E-state index is 12.5. The molecule has 0 bridgehead atoms. The van der Waals surface area contributed by atoms with E-state index in [4.69, 9.17) is 4.74 Å². The molecule has 0 saturated heterocycles. The molecule has 3 nitrogen and oxygen atoms in total. The van der Waals surface area contributed by atoms with Crippen molar-refractivity contribution in [1.29, 1.82) is 0 Å². The lowest BCUT2D eigenvalue weighted by Crippen LogP contribution is -2.35. The first kappa shape index (κ1) is 17.2. The van der Waals surface area contributed by atoms with E-state index in [0.717, 1.165) is 24.1 Å². The number of rotatable bonds is 5. The summed E-state index contributed by atoms with van der Waals surface area (Å²) in [5.74, 6) is -0.0967. The van der Waals surface area contributed by atoms with E-state index in [-0.39, 0.29) is 5.97 Å². The third kappa shape index (κ3) is 4.19. The van der Waals surface area contributed by atoms with Gasteiger partial charge in [-0.25, -0.2) is 0 Å². The smallest absolute Gasteiger partial charge is 0.312 e. The lowest BCUT2D eigenvalue weighted by Gasteiger charge is -2.34. The van der Waals surface area contributed by atoms with Crippen LogP contribution in [0.2, 0.25) is 0 Å². The molecule has 0 N–H and O–H groups in total. The Bertz CT molecular complexity index is 628. The zero-order valence-corrected chi connectivity index (χ0v) is 14.2. The quantitative estimate of drug-likeness (QED) is 0.566. The van der Waals surface area contributed by atoms with E-state index in [1.54, 1.807) is 0 Å². The normalized spacial score (nSPS) is 23.1. The van der Waals surface area contributed by atoms with Gasteiger partial charge in [0.05, 0.1) is 17.7 Å². The van der Waals surface area contributed by atoms with E-state index in [9.17, 15) is 4.79 Å². The number of hydrogen-bond donors (Lipinski definition) is 0. The SMILES string of the molecule is C/C=C1C=C(/C=N\c2ccccc2)CC(CC)(C(=O)OCC)C/1. The fraction of sp³-hybridized carbons (Fsp3) is 0.400. The summed E-state index contributed by atoms with van der Waals surface area (Å²) in [5, 5.41) is 0. The topological polar surface area (TPSA) is 38.7 Å². The largest absolute Gasteiger partial charge is 0.466 e. The molecule has 3 heteroatoms. The molecule has 0 spiro atoms. The Morgan fingerprint density at radius 3 is 2.61 bits per heavy atom. The molecule has 1 aromatic rings.